The quantitative estimate of drug-likeness (QED) is 0.835. The van der Waals surface area contributed by atoms with Crippen molar-refractivity contribution in [1.82, 2.24) is 5.16 Å². The van der Waals surface area contributed by atoms with Crippen LogP contribution in [0.1, 0.15) is 16.1 Å². The van der Waals surface area contributed by atoms with Gasteiger partial charge >= 0.3 is 5.97 Å². The van der Waals surface area contributed by atoms with Crippen molar-refractivity contribution in [3.8, 4) is 0 Å². The summed E-state index contributed by atoms with van der Waals surface area (Å²) < 4.78 is 18.0. The van der Waals surface area contributed by atoms with E-state index < -0.39 is 17.7 Å². The van der Waals surface area contributed by atoms with E-state index in [0.29, 0.717) is 5.69 Å². The van der Waals surface area contributed by atoms with Crippen LogP contribution in [0.3, 0.4) is 0 Å². The van der Waals surface area contributed by atoms with Crippen LogP contribution in [0.5, 0.6) is 0 Å². The molecule has 0 aliphatic carbocycles. The Balaban J connectivity index is 2.19. The van der Waals surface area contributed by atoms with Crippen molar-refractivity contribution in [2.45, 2.75) is 0 Å². The zero-order valence-electron chi connectivity index (χ0n) is 10.0. The summed E-state index contributed by atoms with van der Waals surface area (Å²) in [5.41, 5.74) is 0.437. The van der Waals surface area contributed by atoms with Gasteiger partial charge in [0.25, 0.3) is 5.91 Å². The second-order valence-corrected chi connectivity index (χ2v) is 3.75. The van der Waals surface area contributed by atoms with Crippen LogP contribution in [0.25, 0.3) is 6.08 Å². The molecule has 0 aliphatic heterocycles. The maximum absolute atomic E-state index is 13.4. The summed E-state index contributed by atoms with van der Waals surface area (Å²) in [5.74, 6) is -2.30. The highest BCUT2D eigenvalue weighted by Gasteiger charge is 2.10. The number of halogens is 1. The molecule has 0 bridgehead atoms. The zero-order chi connectivity index (χ0) is 14.5. The Morgan fingerprint density at radius 2 is 2.15 bits per heavy atom. The van der Waals surface area contributed by atoms with E-state index in [1.807, 2.05) is 0 Å². The molecule has 1 heterocycles. The first kappa shape index (κ1) is 13.5. The summed E-state index contributed by atoms with van der Waals surface area (Å²) in [6.07, 6.45) is 3.16. The first-order valence-electron chi connectivity index (χ1n) is 5.48. The number of nitrogens with zero attached hydrogens (tertiary/aromatic N) is 1. The van der Waals surface area contributed by atoms with Crippen LogP contribution < -0.4 is 5.32 Å². The lowest BCUT2D eigenvalue weighted by Gasteiger charge is -2.04. The molecule has 0 aliphatic rings. The molecule has 2 N–H and O–H groups in total. The van der Waals surface area contributed by atoms with Crippen LogP contribution in [0, 0.1) is 5.82 Å². The predicted molar refractivity (Wildman–Crippen MR) is 67.5 cm³/mol. The highest BCUT2D eigenvalue weighted by atomic mass is 19.1. The van der Waals surface area contributed by atoms with Gasteiger partial charge < -0.3 is 14.9 Å². The Kier molecular flexibility index (Phi) is 3.90. The SMILES string of the molecule is O=C(O)/C=C/c1cc(NC(=O)c2ccon2)ccc1F. The van der Waals surface area contributed by atoms with Crippen molar-refractivity contribution in [2.24, 2.45) is 0 Å². The Morgan fingerprint density at radius 3 is 2.80 bits per heavy atom. The van der Waals surface area contributed by atoms with Crippen LogP contribution in [-0.2, 0) is 4.79 Å². The van der Waals surface area contributed by atoms with Crippen molar-refractivity contribution < 1.29 is 23.6 Å². The molecular weight excluding hydrogens is 267 g/mol. The third kappa shape index (κ3) is 3.29. The van der Waals surface area contributed by atoms with Gasteiger partial charge in [-0.15, -0.1) is 0 Å². The molecule has 2 aromatic rings. The molecule has 102 valence electrons. The maximum Gasteiger partial charge on any atom is 0.328 e. The number of carboxylic acid groups (broad SMARTS) is 1. The molecule has 1 amide bonds. The van der Waals surface area contributed by atoms with Gasteiger partial charge in [0.2, 0.25) is 0 Å². The highest BCUT2D eigenvalue weighted by Crippen LogP contribution is 2.17. The summed E-state index contributed by atoms with van der Waals surface area (Å²) >= 11 is 0. The second kappa shape index (κ2) is 5.79. The summed E-state index contributed by atoms with van der Waals surface area (Å²) in [5, 5.41) is 14.5. The lowest BCUT2D eigenvalue weighted by molar-refractivity contribution is -0.131. The standard InChI is InChI=1S/C13H9FN2O4/c14-10-3-2-9(7-8(10)1-4-12(17)18)15-13(19)11-5-6-20-16-11/h1-7H,(H,15,19)(H,17,18)/b4-1+. The normalized spacial score (nSPS) is 10.7. The Bertz CT molecular complexity index is 665. The van der Waals surface area contributed by atoms with Crippen molar-refractivity contribution in [3.05, 3.63) is 53.7 Å². The molecule has 0 unspecified atom stereocenters. The van der Waals surface area contributed by atoms with E-state index in [4.69, 9.17) is 5.11 Å². The van der Waals surface area contributed by atoms with Gasteiger partial charge in [-0.25, -0.2) is 9.18 Å². The van der Waals surface area contributed by atoms with Crippen molar-refractivity contribution in [3.63, 3.8) is 0 Å². The van der Waals surface area contributed by atoms with E-state index in [0.717, 1.165) is 18.2 Å². The fourth-order valence-corrected chi connectivity index (χ4v) is 1.44. The summed E-state index contributed by atoms with van der Waals surface area (Å²) in [6.45, 7) is 0. The van der Waals surface area contributed by atoms with E-state index in [1.54, 1.807) is 0 Å². The van der Waals surface area contributed by atoms with Crippen molar-refractivity contribution in [1.29, 1.82) is 0 Å². The van der Waals surface area contributed by atoms with Gasteiger partial charge in [-0.1, -0.05) is 5.16 Å². The number of benzene rings is 1. The van der Waals surface area contributed by atoms with Crippen LogP contribution in [0.4, 0.5) is 10.1 Å². The van der Waals surface area contributed by atoms with Gasteiger partial charge in [-0.3, -0.25) is 4.79 Å². The van der Waals surface area contributed by atoms with Crippen molar-refractivity contribution >= 4 is 23.6 Å². The number of carbonyl (C=O) groups is 2. The number of carboxylic acids is 1. The molecule has 0 saturated heterocycles. The van der Waals surface area contributed by atoms with Gasteiger partial charge in [0.1, 0.15) is 12.1 Å². The number of carbonyl (C=O) groups excluding carboxylic acids is 1. The highest BCUT2D eigenvalue weighted by molar-refractivity contribution is 6.02. The third-order valence-corrected chi connectivity index (χ3v) is 2.33. The lowest BCUT2D eigenvalue weighted by atomic mass is 10.1. The lowest BCUT2D eigenvalue weighted by Crippen LogP contribution is -2.12. The molecule has 0 radical (unpaired) electrons. The summed E-state index contributed by atoms with van der Waals surface area (Å²) in [7, 11) is 0. The van der Waals surface area contributed by atoms with Crippen LogP contribution in [-0.4, -0.2) is 22.1 Å². The second-order valence-electron chi connectivity index (χ2n) is 3.75. The largest absolute Gasteiger partial charge is 0.478 e. The number of anilines is 1. The molecule has 0 fully saturated rings. The summed E-state index contributed by atoms with van der Waals surface area (Å²) in [6, 6.07) is 5.17. The number of aromatic nitrogens is 1. The topological polar surface area (TPSA) is 92.4 Å². The van der Waals surface area contributed by atoms with Crippen LogP contribution >= 0.6 is 0 Å². The van der Waals surface area contributed by atoms with Gasteiger partial charge in [-0.2, -0.15) is 0 Å². The van der Waals surface area contributed by atoms with Crippen molar-refractivity contribution in [2.75, 3.05) is 5.32 Å². The zero-order valence-corrected chi connectivity index (χ0v) is 10.0. The first-order valence-corrected chi connectivity index (χ1v) is 5.48. The van der Waals surface area contributed by atoms with Crippen LogP contribution in [0.15, 0.2) is 41.1 Å². The van der Waals surface area contributed by atoms with Crippen LogP contribution in [0.2, 0.25) is 0 Å². The number of rotatable bonds is 4. The molecule has 1 aromatic carbocycles. The third-order valence-electron chi connectivity index (χ3n) is 2.33. The van der Waals surface area contributed by atoms with E-state index in [1.165, 1.54) is 24.5 Å². The predicted octanol–water partition coefficient (Wildman–Crippen LogP) is 2.16. The minimum absolute atomic E-state index is 0.0466. The number of nitrogens with one attached hydrogen (secondary N) is 1. The fraction of sp³-hybridized carbons (Fsp3) is 0. The number of amides is 1. The Morgan fingerprint density at radius 1 is 1.35 bits per heavy atom. The molecule has 1 aromatic heterocycles. The summed E-state index contributed by atoms with van der Waals surface area (Å²) in [4.78, 5) is 22.1. The molecule has 0 spiro atoms. The molecule has 0 saturated carbocycles. The van der Waals surface area contributed by atoms with E-state index in [-0.39, 0.29) is 11.3 Å². The first-order chi connectivity index (χ1) is 9.56. The van der Waals surface area contributed by atoms with Gasteiger partial charge in [0.15, 0.2) is 5.69 Å². The number of aliphatic carboxylic acids is 1. The average molecular weight is 276 g/mol. The molecule has 7 heteroatoms. The minimum Gasteiger partial charge on any atom is -0.478 e. The maximum atomic E-state index is 13.4. The van der Waals surface area contributed by atoms with E-state index in [2.05, 4.69) is 15.0 Å². The monoisotopic (exact) mass is 276 g/mol. The molecular formula is C13H9FN2O4. The van der Waals surface area contributed by atoms with E-state index >= 15 is 0 Å². The van der Waals surface area contributed by atoms with E-state index in [9.17, 15) is 14.0 Å². The van der Waals surface area contributed by atoms with Gasteiger partial charge in [-0.05, 0) is 24.3 Å². The molecule has 6 nitrogen and oxygen atoms in total. The number of hydrogen-bond acceptors (Lipinski definition) is 4. The molecule has 0 atom stereocenters. The minimum atomic E-state index is -1.19. The molecule has 20 heavy (non-hydrogen) atoms. The smallest absolute Gasteiger partial charge is 0.328 e. The van der Waals surface area contributed by atoms with Gasteiger partial charge in [0, 0.05) is 23.4 Å². The fourth-order valence-electron chi connectivity index (χ4n) is 1.44. The Labute approximate surface area is 112 Å². The van der Waals surface area contributed by atoms with Gasteiger partial charge in [0.05, 0.1) is 0 Å². The molecule has 2 rings (SSSR count). The average Bonchev–Trinajstić information content (AvgIpc) is 2.93. The Hall–Kier alpha value is -2.96. The number of hydrogen-bond donors (Lipinski definition) is 2.